The molecular formula is C15H23FN2. The van der Waals surface area contributed by atoms with Crippen LogP contribution in [0.25, 0.3) is 0 Å². The van der Waals surface area contributed by atoms with Crippen LogP contribution in [-0.4, -0.2) is 24.0 Å². The maximum Gasteiger partial charge on any atom is 0.123 e. The van der Waals surface area contributed by atoms with Crippen molar-refractivity contribution in [3.63, 3.8) is 0 Å². The molecule has 1 saturated heterocycles. The number of benzene rings is 1. The highest BCUT2D eigenvalue weighted by Gasteiger charge is 2.25. The van der Waals surface area contributed by atoms with Crippen molar-refractivity contribution in [2.24, 2.45) is 5.73 Å². The maximum atomic E-state index is 13.3. The van der Waals surface area contributed by atoms with Gasteiger partial charge in [-0.25, -0.2) is 4.39 Å². The SMILES string of the molecule is CC1CCCCCN1C(CN)c1cccc(F)c1. The minimum absolute atomic E-state index is 0.147. The third-order valence-electron chi connectivity index (χ3n) is 3.96. The monoisotopic (exact) mass is 250 g/mol. The van der Waals surface area contributed by atoms with Crippen molar-refractivity contribution < 1.29 is 4.39 Å². The van der Waals surface area contributed by atoms with E-state index in [1.165, 1.54) is 31.7 Å². The maximum absolute atomic E-state index is 13.3. The van der Waals surface area contributed by atoms with E-state index in [-0.39, 0.29) is 11.9 Å². The first-order valence-electron chi connectivity index (χ1n) is 6.93. The van der Waals surface area contributed by atoms with Crippen molar-refractivity contribution in [3.05, 3.63) is 35.6 Å². The third-order valence-corrected chi connectivity index (χ3v) is 3.96. The molecule has 0 bridgehead atoms. The van der Waals surface area contributed by atoms with Gasteiger partial charge < -0.3 is 5.73 Å². The number of hydrogen-bond donors (Lipinski definition) is 1. The lowest BCUT2D eigenvalue weighted by Gasteiger charge is -2.35. The van der Waals surface area contributed by atoms with E-state index in [0.29, 0.717) is 12.6 Å². The minimum atomic E-state index is -0.173. The fraction of sp³-hybridized carbons (Fsp3) is 0.600. The molecule has 2 rings (SSSR count). The van der Waals surface area contributed by atoms with Crippen LogP contribution in [0.5, 0.6) is 0 Å². The Kier molecular flexibility index (Phi) is 4.72. The standard InChI is InChI=1S/C15H23FN2/c1-12-6-3-2-4-9-18(12)15(11-17)13-7-5-8-14(16)10-13/h5,7-8,10,12,15H,2-4,6,9,11,17H2,1H3. The summed E-state index contributed by atoms with van der Waals surface area (Å²) < 4.78 is 13.3. The first-order chi connectivity index (χ1) is 8.72. The van der Waals surface area contributed by atoms with E-state index in [0.717, 1.165) is 12.1 Å². The quantitative estimate of drug-likeness (QED) is 0.893. The third kappa shape index (κ3) is 3.09. The molecule has 1 heterocycles. The Morgan fingerprint density at radius 3 is 2.94 bits per heavy atom. The average molecular weight is 250 g/mol. The highest BCUT2D eigenvalue weighted by molar-refractivity contribution is 5.21. The number of nitrogens with zero attached hydrogens (tertiary/aromatic N) is 1. The van der Waals surface area contributed by atoms with Gasteiger partial charge in [-0.05, 0) is 44.0 Å². The molecule has 1 aliphatic heterocycles. The van der Waals surface area contributed by atoms with E-state index in [4.69, 9.17) is 5.73 Å². The zero-order chi connectivity index (χ0) is 13.0. The Bertz CT molecular complexity index is 381. The molecule has 2 atom stereocenters. The number of likely N-dealkylation sites (tertiary alicyclic amines) is 1. The fourth-order valence-electron chi connectivity index (χ4n) is 2.94. The van der Waals surface area contributed by atoms with E-state index in [9.17, 15) is 4.39 Å². The molecule has 2 unspecified atom stereocenters. The van der Waals surface area contributed by atoms with Crippen LogP contribution < -0.4 is 5.73 Å². The second kappa shape index (κ2) is 6.30. The summed E-state index contributed by atoms with van der Waals surface area (Å²) in [6.45, 7) is 3.88. The Labute approximate surface area is 109 Å². The number of hydrogen-bond acceptors (Lipinski definition) is 2. The molecule has 18 heavy (non-hydrogen) atoms. The largest absolute Gasteiger partial charge is 0.329 e. The molecular weight excluding hydrogens is 227 g/mol. The predicted octanol–water partition coefficient (Wildman–Crippen LogP) is 3.09. The van der Waals surface area contributed by atoms with E-state index >= 15 is 0 Å². The van der Waals surface area contributed by atoms with Gasteiger partial charge in [-0.3, -0.25) is 4.90 Å². The van der Waals surface area contributed by atoms with Crippen molar-refractivity contribution in [2.45, 2.75) is 44.7 Å². The second-order valence-electron chi connectivity index (χ2n) is 5.24. The highest BCUT2D eigenvalue weighted by Crippen LogP contribution is 2.27. The zero-order valence-electron chi connectivity index (χ0n) is 11.1. The Hall–Kier alpha value is -0.930. The van der Waals surface area contributed by atoms with Crippen LogP contribution in [0.2, 0.25) is 0 Å². The van der Waals surface area contributed by atoms with E-state index in [2.05, 4.69) is 11.8 Å². The average Bonchev–Trinajstić information content (AvgIpc) is 2.56. The normalized spacial score (nSPS) is 23.6. The molecule has 100 valence electrons. The van der Waals surface area contributed by atoms with Gasteiger partial charge in [0.05, 0.1) is 0 Å². The number of halogens is 1. The summed E-state index contributed by atoms with van der Waals surface area (Å²) in [6, 6.07) is 7.55. The Balaban J connectivity index is 2.21. The predicted molar refractivity (Wildman–Crippen MR) is 72.8 cm³/mol. The van der Waals surface area contributed by atoms with Crippen LogP contribution in [0, 0.1) is 5.82 Å². The van der Waals surface area contributed by atoms with Crippen molar-refractivity contribution >= 4 is 0 Å². The van der Waals surface area contributed by atoms with Crippen LogP contribution in [0.4, 0.5) is 4.39 Å². The van der Waals surface area contributed by atoms with Crippen LogP contribution in [0.15, 0.2) is 24.3 Å². The van der Waals surface area contributed by atoms with Crippen molar-refractivity contribution in [1.29, 1.82) is 0 Å². The lowest BCUT2D eigenvalue weighted by molar-refractivity contribution is 0.150. The van der Waals surface area contributed by atoms with Gasteiger partial charge in [0.1, 0.15) is 5.82 Å². The van der Waals surface area contributed by atoms with Gasteiger partial charge in [0.25, 0.3) is 0 Å². The second-order valence-corrected chi connectivity index (χ2v) is 5.24. The summed E-state index contributed by atoms with van der Waals surface area (Å²) in [5, 5.41) is 0. The van der Waals surface area contributed by atoms with Gasteiger partial charge in [0.15, 0.2) is 0 Å². The summed E-state index contributed by atoms with van der Waals surface area (Å²) in [6.07, 6.45) is 5.02. The Morgan fingerprint density at radius 1 is 1.39 bits per heavy atom. The molecule has 1 aromatic rings. The minimum Gasteiger partial charge on any atom is -0.329 e. The molecule has 0 amide bonds. The van der Waals surface area contributed by atoms with Gasteiger partial charge in [-0.15, -0.1) is 0 Å². The molecule has 0 aromatic heterocycles. The van der Waals surface area contributed by atoms with E-state index < -0.39 is 0 Å². The van der Waals surface area contributed by atoms with Crippen molar-refractivity contribution in [1.82, 2.24) is 4.90 Å². The molecule has 1 aliphatic rings. The molecule has 0 aliphatic carbocycles. The van der Waals surface area contributed by atoms with Crippen LogP contribution >= 0.6 is 0 Å². The Morgan fingerprint density at radius 2 is 2.22 bits per heavy atom. The van der Waals surface area contributed by atoms with Crippen molar-refractivity contribution in [3.8, 4) is 0 Å². The highest BCUT2D eigenvalue weighted by atomic mass is 19.1. The fourth-order valence-corrected chi connectivity index (χ4v) is 2.94. The first-order valence-corrected chi connectivity index (χ1v) is 6.93. The van der Waals surface area contributed by atoms with Gasteiger partial charge >= 0.3 is 0 Å². The summed E-state index contributed by atoms with van der Waals surface area (Å²) in [5.41, 5.74) is 6.94. The van der Waals surface area contributed by atoms with Gasteiger partial charge in [0.2, 0.25) is 0 Å². The van der Waals surface area contributed by atoms with Crippen LogP contribution in [-0.2, 0) is 0 Å². The summed E-state index contributed by atoms with van der Waals surface area (Å²) in [5.74, 6) is -0.173. The van der Waals surface area contributed by atoms with Crippen molar-refractivity contribution in [2.75, 3.05) is 13.1 Å². The zero-order valence-corrected chi connectivity index (χ0v) is 11.1. The molecule has 0 spiro atoms. The van der Waals surface area contributed by atoms with Crippen LogP contribution in [0.3, 0.4) is 0 Å². The molecule has 0 saturated carbocycles. The number of nitrogens with two attached hydrogens (primary N) is 1. The molecule has 2 nitrogen and oxygen atoms in total. The van der Waals surface area contributed by atoms with Crippen LogP contribution in [0.1, 0.15) is 44.2 Å². The summed E-state index contributed by atoms with van der Waals surface area (Å²) in [7, 11) is 0. The van der Waals surface area contributed by atoms with Gasteiger partial charge in [-0.2, -0.15) is 0 Å². The first kappa shape index (κ1) is 13.5. The molecule has 1 aromatic carbocycles. The molecule has 3 heteroatoms. The van der Waals surface area contributed by atoms with E-state index in [1.54, 1.807) is 12.1 Å². The lowest BCUT2D eigenvalue weighted by Crippen LogP contribution is -2.39. The molecule has 2 N–H and O–H groups in total. The molecule has 1 fully saturated rings. The lowest BCUT2D eigenvalue weighted by atomic mass is 10.0. The van der Waals surface area contributed by atoms with E-state index in [1.807, 2.05) is 6.07 Å². The summed E-state index contributed by atoms with van der Waals surface area (Å²) in [4.78, 5) is 2.45. The molecule has 0 radical (unpaired) electrons. The van der Waals surface area contributed by atoms with Gasteiger partial charge in [0, 0.05) is 18.6 Å². The summed E-state index contributed by atoms with van der Waals surface area (Å²) >= 11 is 0. The number of rotatable bonds is 3. The smallest absolute Gasteiger partial charge is 0.123 e. The van der Waals surface area contributed by atoms with Gasteiger partial charge in [-0.1, -0.05) is 25.0 Å². The topological polar surface area (TPSA) is 29.3 Å².